The Hall–Kier alpha value is -3.82. The molecule has 1 amide bonds. The molecule has 0 spiro atoms. The lowest BCUT2D eigenvalue weighted by Crippen LogP contribution is -2.39. The van der Waals surface area contributed by atoms with E-state index in [0.717, 1.165) is 23.9 Å². The lowest BCUT2D eigenvalue weighted by Gasteiger charge is -2.26. The molecule has 10 heteroatoms. The van der Waals surface area contributed by atoms with Crippen molar-refractivity contribution in [1.29, 1.82) is 0 Å². The maximum atomic E-state index is 13.5. The molecule has 4 heterocycles. The minimum atomic E-state index is -0.424. The van der Waals surface area contributed by atoms with Gasteiger partial charge in [0.25, 0.3) is 5.89 Å². The largest absolute Gasteiger partial charge is 0.350 e. The Morgan fingerprint density at radius 3 is 2.77 bits per heavy atom. The zero-order valence-electron chi connectivity index (χ0n) is 16.6. The van der Waals surface area contributed by atoms with Crippen LogP contribution in [-0.2, 0) is 11.3 Å². The maximum absolute atomic E-state index is 13.5. The van der Waals surface area contributed by atoms with Gasteiger partial charge in [0.05, 0.1) is 5.56 Å². The van der Waals surface area contributed by atoms with E-state index in [1.807, 2.05) is 0 Å². The molecule has 3 aromatic heterocycles. The number of hydrogen-bond acceptors (Lipinski definition) is 6. The molecule has 4 aromatic rings. The van der Waals surface area contributed by atoms with Crippen LogP contribution in [0.2, 0.25) is 0 Å². The molecule has 1 aliphatic heterocycles. The highest BCUT2D eigenvalue weighted by molar-refractivity contribution is 5.76. The summed E-state index contributed by atoms with van der Waals surface area (Å²) in [5.74, 6) is -0.171. The van der Waals surface area contributed by atoms with Crippen LogP contribution in [0.5, 0.6) is 0 Å². The van der Waals surface area contributed by atoms with E-state index in [2.05, 4.69) is 15.2 Å². The van der Waals surface area contributed by atoms with Crippen LogP contribution in [0.4, 0.5) is 4.39 Å². The molecule has 0 saturated carbocycles. The summed E-state index contributed by atoms with van der Waals surface area (Å²) in [4.78, 5) is 31.5. The number of aromatic nitrogens is 5. The summed E-state index contributed by atoms with van der Waals surface area (Å²) < 4.78 is 21.4. The van der Waals surface area contributed by atoms with Crippen LogP contribution in [0.25, 0.3) is 28.5 Å². The lowest BCUT2D eigenvalue weighted by atomic mass is 10.1. The number of fused-ring (bicyclic) bond motifs is 1. The average Bonchev–Trinajstić information content (AvgIpc) is 3.40. The standard InChI is InChI=1S/C21H19FN6O3/c22-15-7-4-6-14(12-15)18-23-20(31-25-18)16-8-5-11-27-19(16)24-28(21(27)30)13-17(29)26-9-2-1-3-10-26/h4-8,11-12H,1-3,9-10,13H2. The number of halogens is 1. The van der Waals surface area contributed by atoms with E-state index in [0.29, 0.717) is 29.9 Å². The van der Waals surface area contributed by atoms with Crippen LogP contribution in [0.1, 0.15) is 19.3 Å². The Bertz CT molecular complexity index is 1320. The number of carbonyl (C=O) groups is 1. The second-order valence-electron chi connectivity index (χ2n) is 7.43. The van der Waals surface area contributed by atoms with E-state index >= 15 is 0 Å². The van der Waals surface area contributed by atoms with Crippen LogP contribution >= 0.6 is 0 Å². The first kappa shape index (κ1) is 19.2. The molecular formula is C21H19FN6O3. The quantitative estimate of drug-likeness (QED) is 0.501. The summed E-state index contributed by atoms with van der Waals surface area (Å²) in [7, 11) is 0. The minimum Gasteiger partial charge on any atom is -0.341 e. The molecule has 31 heavy (non-hydrogen) atoms. The second kappa shape index (κ2) is 7.78. The number of pyridine rings is 1. The van der Waals surface area contributed by atoms with Gasteiger partial charge in [0.15, 0.2) is 5.65 Å². The van der Waals surface area contributed by atoms with Gasteiger partial charge in [-0.25, -0.2) is 18.3 Å². The van der Waals surface area contributed by atoms with Gasteiger partial charge in [-0.3, -0.25) is 4.79 Å². The molecule has 1 aromatic carbocycles. The fourth-order valence-corrected chi connectivity index (χ4v) is 3.76. The zero-order chi connectivity index (χ0) is 21.4. The van der Waals surface area contributed by atoms with Crippen molar-refractivity contribution in [2.24, 2.45) is 0 Å². The van der Waals surface area contributed by atoms with Gasteiger partial charge in [-0.15, -0.1) is 5.10 Å². The molecule has 1 aliphatic rings. The monoisotopic (exact) mass is 422 g/mol. The highest BCUT2D eigenvalue weighted by Gasteiger charge is 2.21. The van der Waals surface area contributed by atoms with Gasteiger partial charge in [-0.1, -0.05) is 17.3 Å². The van der Waals surface area contributed by atoms with Crippen molar-refractivity contribution in [3.8, 4) is 22.8 Å². The lowest BCUT2D eigenvalue weighted by molar-refractivity contribution is -0.133. The van der Waals surface area contributed by atoms with Crippen molar-refractivity contribution in [3.63, 3.8) is 0 Å². The Kier molecular flexibility index (Phi) is 4.81. The molecule has 0 N–H and O–H groups in total. The highest BCUT2D eigenvalue weighted by atomic mass is 19.1. The number of likely N-dealkylation sites (tertiary alicyclic amines) is 1. The predicted molar refractivity (Wildman–Crippen MR) is 109 cm³/mol. The fourth-order valence-electron chi connectivity index (χ4n) is 3.76. The van der Waals surface area contributed by atoms with Crippen molar-refractivity contribution in [3.05, 3.63) is 58.9 Å². The highest BCUT2D eigenvalue weighted by Crippen LogP contribution is 2.24. The first-order valence-electron chi connectivity index (χ1n) is 10.1. The third-order valence-electron chi connectivity index (χ3n) is 5.34. The van der Waals surface area contributed by atoms with Gasteiger partial charge >= 0.3 is 5.69 Å². The van der Waals surface area contributed by atoms with E-state index in [1.165, 1.54) is 16.5 Å². The van der Waals surface area contributed by atoms with Crippen LogP contribution in [0.3, 0.4) is 0 Å². The Labute approximate surface area is 175 Å². The first-order valence-corrected chi connectivity index (χ1v) is 10.1. The minimum absolute atomic E-state index is 0.127. The molecule has 158 valence electrons. The number of nitrogens with zero attached hydrogens (tertiary/aromatic N) is 6. The number of hydrogen-bond donors (Lipinski definition) is 0. The smallest absolute Gasteiger partial charge is 0.341 e. The van der Waals surface area contributed by atoms with Crippen LogP contribution < -0.4 is 5.69 Å². The summed E-state index contributed by atoms with van der Waals surface area (Å²) in [5, 5.41) is 8.27. The van der Waals surface area contributed by atoms with Gasteiger partial charge in [0.2, 0.25) is 11.7 Å². The van der Waals surface area contributed by atoms with E-state index in [4.69, 9.17) is 4.52 Å². The third-order valence-corrected chi connectivity index (χ3v) is 5.34. The van der Waals surface area contributed by atoms with E-state index in [-0.39, 0.29) is 24.2 Å². The van der Waals surface area contributed by atoms with Gasteiger partial charge < -0.3 is 9.42 Å². The van der Waals surface area contributed by atoms with E-state index in [9.17, 15) is 14.0 Å². The normalized spacial score (nSPS) is 14.3. The number of carbonyl (C=O) groups excluding carboxylic acids is 1. The third kappa shape index (κ3) is 3.60. The molecule has 0 radical (unpaired) electrons. The summed E-state index contributed by atoms with van der Waals surface area (Å²) in [5.41, 5.74) is 0.788. The van der Waals surface area contributed by atoms with Gasteiger partial charge in [0.1, 0.15) is 12.4 Å². The Morgan fingerprint density at radius 2 is 1.97 bits per heavy atom. The molecule has 0 atom stereocenters. The summed E-state index contributed by atoms with van der Waals surface area (Å²) in [6.45, 7) is 1.28. The summed E-state index contributed by atoms with van der Waals surface area (Å²) >= 11 is 0. The van der Waals surface area contributed by atoms with Gasteiger partial charge in [-0.05, 0) is 43.5 Å². The number of benzene rings is 1. The van der Waals surface area contributed by atoms with Crippen molar-refractivity contribution in [2.45, 2.75) is 25.8 Å². The summed E-state index contributed by atoms with van der Waals surface area (Å²) in [6, 6.07) is 9.22. The van der Waals surface area contributed by atoms with Crippen molar-refractivity contribution < 1.29 is 13.7 Å². The summed E-state index contributed by atoms with van der Waals surface area (Å²) in [6.07, 6.45) is 4.63. The zero-order valence-corrected chi connectivity index (χ0v) is 16.6. The van der Waals surface area contributed by atoms with Gasteiger partial charge in [-0.2, -0.15) is 4.98 Å². The molecule has 1 fully saturated rings. The molecule has 0 aliphatic carbocycles. The Morgan fingerprint density at radius 1 is 1.13 bits per heavy atom. The number of piperidine rings is 1. The fraction of sp³-hybridized carbons (Fsp3) is 0.286. The van der Waals surface area contributed by atoms with Crippen LogP contribution in [0, 0.1) is 5.82 Å². The van der Waals surface area contributed by atoms with E-state index < -0.39 is 11.5 Å². The van der Waals surface area contributed by atoms with Crippen LogP contribution in [0.15, 0.2) is 51.9 Å². The van der Waals surface area contributed by atoms with Crippen molar-refractivity contribution >= 4 is 11.6 Å². The van der Waals surface area contributed by atoms with Crippen molar-refractivity contribution in [1.82, 2.24) is 29.2 Å². The first-order chi connectivity index (χ1) is 15.1. The molecule has 5 rings (SSSR count). The average molecular weight is 422 g/mol. The number of amides is 1. The SMILES string of the molecule is O=C(Cn1nc2c(-c3nc(-c4cccc(F)c4)no3)cccn2c1=O)N1CCCCC1. The molecular weight excluding hydrogens is 403 g/mol. The molecule has 0 bridgehead atoms. The van der Waals surface area contributed by atoms with Crippen molar-refractivity contribution in [2.75, 3.05) is 13.1 Å². The molecule has 1 saturated heterocycles. The van der Waals surface area contributed by atoms with Crippen LogP contribution in [-0.4, -0.2) is 48.2 Å². The number of rotatable bonds is 4. The molecule has 0 unspecified atom stereocenters. The predicted octanol–water partition coefficient (Wildman–Crippen LogP) is 2.36. The van der Waals surface area contributed by atoms with E-state index in [1.54, 1.807) is 35.4 Å². The topological polar surface area (TPSA) is 98.5 Å². The maximum Gasteiger partial charge on any atom is 0.350 e. The Balaban J connectivity index is 1.49. The van der Waals surface area contributed by atoms with Gasteiger partial charge in [0, 0.05) is 24.8 Å². The molecule has 9 nitrogen and oxygen atoms in total. The second-order valence-corrected chi connectivity index (χ2v) is 7.43.